The number of halogens is 6. The van der Waals surface area contributed by atoms with Crippen molar-refractivity contribution in [3.8, 4) is 0 Å². The van der Waals surface area contributed by atoms with Crippen LogP contribution in [0.2, 0.25) is 0 Å². The van der Waals surface area contributed by atoms with Crippen LogP contribution >= 0.6 is 0 Å². The fourth-order valence-electron chi connectivity index (χ4n) is 5.33. The van der Waals surface area contributed by atoms with E-state index in [-0.39, 0.29) is 18.8 Å². The van der Waals surface area contributed by atoms with Gasteiger partial charge in [-0.1, -0.05) is 27.2 Å². The van der Waals surface area contributed by atoms with E-state index in [1.807, 2.05) is 6.92 Å². The lowest BCUT2D eigenvalue weighted by Crippen LogP contribution is -2.63. The molecule has 0 radical (unpaired) electrons. The summed E-state index contributed by atoms with van der Waals surface area (Å²) in [7, 11) is 0. The highest BCUT2D eigenvalue weighted by atomic mass is 19.4. The van der Waals surface area contributed by atoms with Crippen LogP contribution in [-0.2, 0) is 4.89 Å². The standard InChI is InChI=1S/C17H26F6O3/c1-4-5-13(26-25)14(2,3)11-7-9-6-10(11)12(8-9)15(24,16(18,19)20)17(21,22)23/h9-13,24-25H,4-8H2,1-3H3. The second-order valence-corrected chi connectivity index (χ2v) is 8.42. The van der Waals surface area contributed by atoms with Gasteiger partial charge in [0.15, 0.2) is 0 Å². The van der Waals surface area contributed by atoms with Crippen LogP contribution in [0.4, 0.5) is 26.3 Å². The summed E-state index contributed by atoms with van der Waals surface area (Å²) >= 11 is 0. The van der Waals surface area contributed by atoms with Crippen molar-refractivity contribution < 1.29 is 41.6 Å². The van der Waals surface area contributed by atoms with Gasteiger partial charge in [-0.3, -0.25) is 5.26 Å². The van der Waals surface area contributed by atoms with Gasteiger partial charge in [-0.05, 0) is 48.9 Å². The first-order valence-electron chi connectivity index (χ1n) is 8.87. The molecule has 2 rings (SSSR count). The first-order chi connectivity index (χ1) is 11.7. The topological polar surface area (TPSA) is 49.7 Å². The fraction of sp³-hybridized carbons (Fsp3) is 1.00. The summed E-state index contributed by atoms with van der Waals surface area (Å²) in [4.78, 5) is 4.52. The minimum absolute atomic E-state index is 0.220. The van der Waals surface area contributed by atoms with Gasteiger partial charge in [0, 0.05) is 5.92 Å². The van der Waals surface area contributed by atoms with Crippen molar-refractivity contribution in [3.05, 3.63) is 0 Å². The Hall–Kier alpha value is -0.540. The molecule has 0 aromatic carbocycles. The highest BCUT2D eigenvalue weighted by molar-refractivity contribution is 5.11. The van der Waals surface area contributed by atoms with E-state index in [1.165, 1.54) is 0 Å². The third kappa shape index (κ3) is 3.24. The van der Waals surface area contributed by atoms with E-state index >= 15 is 0 Å². The van der Waals surface area contributed by atoms with E-state index in [2.05, 4.69) is 4.89 Å². The number of hydrogen-bond donors (Lipinski definition) is 2. The van der Waals surface area contributed by atoms with Crippen LogP contribution < -0.4 is 0 Å². The average Bonchev–Trinajstić information content (AvgIpc) is 3.09. The van der Waals surface area contributed by atoms with Crippen LogP contribution in [0.25, 0.3) is 0 Å². The molecule has 0 saturated heterocycles. The van der Waals surface area contributed by atoms with Crippen molar-refractivity contribution in [2.45, 2.75) is 76.9 Å². The molecule has 26 heavy (non-hydrogen) atoms. The van der Waals surface area contributed by atoms with Gasteiger partial charge in [0.1, 0.15) is 0 Å². The van der Waals surface area contributed by atoms with E-state index in [9.17, 15) is 36.7 Å². The lowest BCUT2D eigenvalue weighted by atomic mass is 9.61. The van der Waals surface area contributed by atoms with Crippen molar-refractivity contribution in [1.82, 2.24) is 0 Å². The van der Waals surface area contributed by atoms with E-state index in [4.69, 9.17) is 0 Å². The summed E-state index contributed by atoms with van der Waals surface area (Å²) < 4.78 is 79.9. The number of fused-ring (bicyclic) bond motifs is 2. The summed E-state index contributed by atoms with van der Waals surface area (Å²) in [6.07, 6.45) is -10.8. The number of aliphatic hydroxyl groups is 1. The van der Waals surface area contributed by atoms with E-state index < -0.39 is 47.2 Å². The molecule has 5 unspecified atom stereocenters. The minimum atomic E-state index is -5.80. The van der Waals surface area contributed by atoms with Crippen LogP contribution in [0.1, 0.15) is 52.9 Å². The highest BCUT2D eigenvalue weighted by Gasteiger charge is 2.77. The summed E-state index contributed by atoms with van der Waals surface area (Å²) in [5.74, 6) is -3.68. The maximum Gasteiger partial charge on any atom is 0.426 e. The van der Waals surface area contributed by atoms with Gasteiger partial charge < -0.3 is 5.11 Å². The fourth-order valence-corrected chi connectivity index (χ4v) is 5.33. The summed E-state index contributed by atoms with van der Waals surface area (Å²) in [6.45, 7) is 5.25. The van der Waals surface area contributed by atoms with Crippen molar-refractivity contribution in [1.29, 1.82) is 0 Å². The Morgan fingerprint density at radius 2 is 1.46 bits per heavy atom. The van der Waals surface area contributed by atoms with Gasteiger partial charge in [0.05, 0.1) is 6.10 Å². The summed E-state index contributed by atoms with van der Waals surface area (Å²) in [5, 5.41) is 19.1. The Morgan fingerprint density at radius 1 is 0.962 bits per heavy atom. The van der Waals surface area contributed by atoms with E-state index in [1.54, 1.807) is 13.8 Å². The zero-order valence-electron chi connectivity index (χ0n) is 15.0. The lowest BCUT2D eigenvalue weighted by Gasteiger charge is -2.48. The number of rotatable bonds is 6. The van der Waals surface area contributed by atoms with Crippen LogP contribution in [0, 0.1) is 29.1 Å². The van der Waals surface area contributed by atoms with Crippen LogP contribution in [0.3, 0.4) is 0 Å². The third-order valence-corrected chi connectivity index (χ3v) is 6.68. The predicted molar refractivity (Wildman–Crippen MR) is 81.1 cm³/mol. The van der Waals surface area contributed by atoms with Gasteiger partial charge in [0.25, 0.3) is 5.60 Å². The van der Waals surface area contributed by atoms with Crippen LogP contribution in [0.5, 0.6) is 0 Å². The smallest absolute Gasteiger partial charge is 0.373 e. The maximum absolute atomic E-state index is 13.3. The molecule has 9 heteroatoms. The average molecular weight is 392 g/mol. The lowest BCUT2D eigenvalue weighted by molar-refractivity contribution is -0.391. The Bertz CT molecular complexity index is 488. The van der Waals surface area contributed by atoms with Gasteiger partial charge in [-0.2, -0.15) is 26.3 Å². The Labute approximate surface area is 148 Å². The molecule has 2 bridgehead atoms. The van der Waals surface area contributed by atoms with Crippen LogP contribution in [0.15, 0.2) is 0 Å². The molecule has 154 valence electrons. The molecule has 2 aliphatic carbocycles. The van der Waals surface area contributed by atoms with Crippen molar-refractivity contribution in [2.24, 2.45) is 29.1 Å². The molecule has 0 spiro atoms. The molecule has 0 aromatic heterocycles. The van der Waals surface area contributed by atoms with Crippen LogP contribution in [-0.4, -0.2) is 34.4 Å². The largest absolute Gasteiger partial charge is 0.426 e. The zero-order valence-corrected chi connectivity index (χ0v) is 15.0. The normalized spacial score (nSPS) is 31.5. The molecule has 2 saturated carbocycles. The Kier molecular flexibility index (Phi) is 5.70. The van der Waals surface area contributed by atoms with Crippen molar-refractivity contribution in [3.63, 3.8) is 0 Å². The summed E-state index contributed by atoms with van der Waals surface area (Å²) in [5.41, 5.74) is -5.53. The number of hydrogen-bond acceptors (Lipinski definition) is 3. The molecule has 0 aliphatic heterocycles. The monoisotopic (exact) mass is 392 g/mol. The SMILES string of the molecule is CCCC(OO)C(C)(C)C1CC2CC1C(C(O)(C(F)(F)F)C(F)(F)F)C2. The molecule has 5 atom stereocenters. The molecule has 2 fully saturated rings. The van der Waals surface area contributed by atoms with Crippen molar-refractivity contribution in [2.75, 3.05) is 0 Å². The first kappa shape index (κ1) is 21.8. The molecule has 2 aliphatic rings. The van der Waals surface area contributed by atoms with Gasteiger partial charge in [0.2, 0.25) is 0 Å². The van der Waals surface area contributed by atoms with E-state index in [0.717, 1.165) is 0 Å². The van der Waals surface area contributed by atoms with Gasteiger partial charge >= 0.3 is 12.4 Å². The Morgan fingerprint density at radius 3 is 1.85 bits per heavy atom. The quantitative estimate of drug-likeness (QED) is 0.372. The van der Waals surface area contributed by atoms with Gasteiger partial charge in [-0.15, -0.1) is 0 Å². The molecule has 2 N–H and O–H groups in total. The maximum atomic E-state index is 13.3. The molecule has 3 nitrogen and oxygen atoms in total. The highest BCUT2D eigenvalue weighted by Crippen LogP contribution is 2.64. The third-order valence-electron chi connectivity index (χ3n) is 6.68. The molecular weight excluding hydrogens is 366 g/mol. The Balaban J connectivity index is 2.38. The molecule has 0 heterocycles. The van der Waals surface area contributed by atoms with Crippen molar-refractivity contribution >= 4 is 0 Å². The number of alkyl halides is 6. The molecule has 0 aromatic rings. The molecular formula is C17H26F6O3. The van der Waals surface area contributed by atoms with Gasteiger partial charge in [-0.25, -0.2) is 4.89 Å². The second kappa shape index (κ2) is 6.81. The predicted octanol–water partition coefficient (Wildman–Crippen LogP) is 5.19. The minimum Gasteiger partial charge on any atom is -0.373 e. The first-order valence-corrected chi connectivity index (χ1v) is 8.87. The summed E-state index contributed by atoms with van der Waals surface area (Å²) in [6, 6.07) is 0. The van der Waals surface area contributed by atoms with E-state index in [0.29, 0.717) is 19.3 Å². The second-order valence-electron chi connectivity index (χ2n) is 8.42. The zero-order chi connectivity index (χ0) is 20.1. The molecule has 0 amide bonds.